The molecule has 0 spiro atoms. The normalized spacial score (nSPS) is 9.25. The van der Waals surface area contributed by atoms with Gasteiger partial charge in [0.25, 0.3) is 0 Å². The molecule has 0 atom stereocenters. The molecular weight excluding hydrogens is 211 g/mol. The van der Waals surface area contributed by atoms with Crippen molar-refractivity contribution in [1.29, 1.82) is 0 Å². The molecule has 0 fully saturated rings. The maximum Gasteiger partial charge on any atom is 1.00 e. The predicted molar refractivity (Wildman–Crippen MR) is 56.7 cm³/mol. The number of benzene rings is 2. The first-order valence-corrected chi connectivity index (χ1v) is 4.78. The molecule has 16 heavy (non-hydrogen) atoms. The van der Waals surface area contributed by atoms with Gasteiger partial charge in [-0.2, -0.15) is 0 Å². The van der Waals surface area contributed by atoms with Crippen LogP contribution in [-0.4, -0.2) is 0 Å². The van der Waals surface area contributed by atoms with Crippen molar-refractivity contribution in [3.63, 3.8) is 0 Å². The maximum absolute atomic E-state index is 10.9. The average molecular weight is 222 g/mol. The van der Waals surface area contributed by atoms with Crippen LogP contribution in [0.5, 0.6) is 11.5 Å². The van der Waals surface area contributed by atoms with Crippen LogP contribution in [0.3, 0.4) is 0 Å². The quantitative estimate of drug-likeness (QED) is 0.646. The fourth-order valence-electron chi connectivity index (χ4n) is 1.27. The molecule has 0 amide bonds. The third-order valence-corrected chi connectivity index (χ3v) is 2.07. The van der Waals surface area contributed by atoms with Crippen LogP contribution in [0, 0.1) is 0 Å². The van der Waals surface area contributed by atoms with Crippen LogP contribution in [0.1, 0.15) is 5.56 Å². The van der Waals surface area contributed by atoms with Crippen LogP contribution in [-0.2, 0) is 6.61 Å². The summed E-state index contributed by atoms with van der Waals surface area (Å²) < 4.78 is 5.53. The van der Waals surface area contributed by atoms with E-state index in [2.05, 4.69) is 0 Å². The van der Waals surface area contributed by atoms with E-state index in [0.717, 1.165) is 11.3 Å². The van der Waals surface area contributed by atoms with E-state index < -0.39 is 0 Å². The van der Waals surface area contributed by atoms with Gasteiger partial charge in [0.05, 0.1) is 0 Å². The molecule has 2 rings (SSSR count). The van der Waals surface area contributed by atoms with Gasteiger partial charge < -0.3 is 9.84 Å². The van der Waals surface area contributed by atoms with E-state index in [4.69, 9.17) is 4.74 Å². The molecule has 0 saturated heterocycles. The molecule has 2 aromatic carbocycles. The molecule has 0 saturated carbocycles. The van der Waals surface area contributed by atoms with Crippen molar-refractivity contribution in [2.75, 3.05) is 0 Å². The number of hydrogen-bond acceptors (Lipinski definition) is 2. The summed E-state index contributed by atoms with van der Waals surface area (Å²) in [5, 5.41) is 10.9. The Morgan fingerprint density at radius 3 is 2.12 bits per heavy atom. The van der Waals surface area contributed by atoms with Crippen LogP contribution < -0.4 is 39.4 Å². The molecule has 0 heterocycles. The molecule has 76 valence electrons. The van der Waals surface area contributed by atoms with E-state index in [-0.39, 0.29) is 35.3 Å². The zero-order valence-corrected chi connectivity index (χ0v) is 11.2. The Balaban J connectivity index is 0.00000128. The van der Waals surface area contributed by atoms with E-state index in [9.17, 15) is 5.11 Å². The van der Waals surface area contributed by atoms with E-state index >= 15 is 0 Å². The van der Waals surface area contributed by atoms with Gasteiger partial charge >= 0.3 is 29.6 Å². The van der Waals surface area contributed by atoms with Gasteiger partial charge in [0.15, 0.2) is 0 Å². The van der Waals surface area contributed by atoms with E-state index in [0.29, 0.717) is 6.61 Å². The Kier molecular flexibility index (Phi) is 5.39. The Bertz CT molecular complexity index is 412. The predicted octanol–water partition coefficient (Wildman–Crippen LogP) is -0.657. The Morgan fingerprint density at radius 2 is 1.50 bits per heavy atom. The first-order chi connectivity index (χ1) is 7.34. The molecule has 0 aromatic heterocycles. The summed E-state index contributed by atoms with van der Waals surface area (Å²) in [4.78, 5) is 0. The molecule has 0 aliphatic heterocycles. The fraction of sp³-hybridized carbons (Fsp3) is 0.0769. The van der Waals surface area contributed by atoms with Gasteiger partial charge in [-0.3, -0.25) is 0 Å². The van der Waals surface area contributed by atoms with E-state index in [1.54, 1.807) is 24.3 Å². The van der Waals surface area contributed by atoms with E-state index in [1.165, 1.54) is 0 Å². The number of rotatable bonds is 3. The van der Waals surface area contributed by atoms with Crippen LogP contribution in [0.15, 0.2) is 54.6 Å². The Hall–Kier alpha value is -0.960. The monoisotopic (exact) mass is 222 g/mol. The first kappa shape index (κ1) is 13.1. The molecule has 2 aromatic rings. The van der Waals surface area contributed by atoms with Crippen molar-refractivity contribution in [1.82, 2.24) is 0 Å². The second-order valence-corrected chi connectivity index (χ2v) is 3.25. The topological polar surface area (TPSA) is 32.3 Å². The van der Waals surface area contributed by atoms with E-state index in [1.807, 2.05) is 30.3 Å². The SMILES string of the molecule is [Na+].[O-]c1ccc(COc2ccccc2)cc1. The minimum absolute atomic E-state index is 0. The van der Waals surface area contributed by atoms with Gasteiger partial charge in [-0.25, -0.2) is 0 Å². The zero-order valence-electron chi connectivity index (χ0n) is 9.22. The van der Waals surface area contributed by atoms with Crippen molar-refractivity contribution in [2.24, 2.45) is 0 Å². The molecule has 0 unspecified atom stereocenters. The zero-order chi connectivity index (χ0) is 10.5. The minimum atomic E-state index is 0. The largest absolute Gasteiger partial charge is 1.00 e. The van der Waals surface area contributed by atoms with Crippen molar-refractivity contribution < 1.29 is 39.4 Å². The van der Waals surface area contributed by atoms with Gasteiger partial charge in [0.2, 0.25) is 0 Å². The molecule has 0 radical (unpaired) electrons. The molecule has 3 heteroatoms. The first-order valence-electron chi connectivity index (χ1n) is 4.78. The number of hydrogen-bond donors (Lipinski definition) is 0. The molecule has 2 nitrogen and oxygen atoms in total. The summed E-state index contributed by atoms with van der Waals surface area (Å²) in [6, 6.07) is 16.3. The third-order valence-electron chi connectivity index (χ3n) is 2.07. The van der Waals surface area contributed by atoms with Crippen LogP contribution >= 0.6 is 0 Å². The second kappa shape index (κ2) is 6.59. The molecule has 0 bridgehead atoms. The molecule has 0 aliphatic carbocycles. The summed E-state index contributed by atoms with van der Waals surface area (Å²) in [5.74, 6) is 0.863. The Labute approximate surface area is 117 Å². The summed E-state index contributed by atoms with van der Waals surface area (Å²) in [6.45, 7) is 0.490. The van der Waals surface area contributed by atoms with Crippen LogP contribution in [0.25, 0.3) is 0 Å². The maximum atomic E-state index is 10.9. The number of para-hydroxylation sites is 1. The van der Waals surface area contributed by atoms with Gasteiger partial charge in [-0.05, 0) is 17.7 Å². The van der Waals surface area contributed by atoms with Crippen molar-refractivity contribution in [2.45, 2.75) is 6.61 Å². The minimum Gasteiger partial charge on any atom is -0.872 e. The molecule has 0 aliphatic rings. The van der Waals surface area contributed by atoms with Gasteiger partial charge in [-0.1, -0.05) is 42.5 Å². The summed E-state index contributed by atoms with van der Waals surface area (Å²) in [7, 11) is 0. The molecular formula is C13H11NaO2. The summed E-state index contributed by atoms with van der Waals surface area (Å²) in [6.07, 6.45) is 0. The van der Waals surface area contributed by atoms with Gasteiger partial charge in [0.1, 0.15) is 12.4 Å². The average Bonchev–Trinajstić information content (AvgIpc) is 2.30. The second-order valence-electron chi connectivity index (χ2n) is 3.25. The van der Waals surface area contributed by atoms with Crippen molar-refractivity contribution in [3.8, 4) is 11.5 Å². The Morgan fingerprint density at radius 1 is 0.875 bits per heavy atom. The van der Waals surface area contributed by atoms with Crippen LogP contribution in [0.4, 0.5) is 0 Å². The smallest absolute Gasteiger partial charge is 0.872 e. The van der Waals surface area contributed by atoms with Crippen molar-refractivity contribution >= 4 is 0 Å². The third kappa shape index (κ3) is 3.89. The van der Waals surface area contributed by atoms with Crippen LogP contribution in [0.2, 0.25) is 0 Å². The van der Waals surface area contributed by atoms with Crippen molar-refractivity contribution in [3.05, 3.63) is 60.2 Å². The molecule has 0 N–H and O–H groups in total. The van der Waals surface area contributed by atoms with Gasteiger partial charge in [-0.15, -0.1) is 5.75 Å². The standard InChI is InChI=1S/C13H12O2.Na/c14-12-8-6-11(7-9-12)10-15-13-4-2-1-3-5-13;/h1-9,14H,10H2;/q;+1/p-1. The van der Waals surface area contributed by atoms with Gasteiger partial charge in [0, 0.05) is 0 Å². The summed E-state index contributed by atoms with van der Waals surface area (Å²) in [5.41, 5.74) is 0.999. The number of ether oxygens (including phenoxy) is 1. The fourth-order valence-corrected chi connectivity index (χ4v) is 1.27. The summed E-state index contributed by atoms with van der Waals surface area (Å²) >= 11 is 0.